The molecule has 1 amide bonds. The van der Waals surface area contributed by atoms with E-state index in [1.165, 1.54) is 13.1 Å². The minimum Gasteiger partial charge on any atom is -0.479 e. The lowest BCUT2D eigenvalue weighted by Crippen LogP contribution is -2.04. The first kappa shape index (κ1) is 16.9. The number of aliphatic imine (C=N–C) groups is 1. The van der Waals surface area contributed by atoms with Crippen LogP contribution in [0.25, 0.3) is 11.5 Å². The second-order valence-corrected chi connectivity index (χ2v) is 6.12. The van der Waals surface area contributed by atoms with Gasteiger partial charge in [-0.3, -0.25) is 9.79 Å². The molecule has 0 aliphatic carbocycles. The van der Waals surface area contributed by atoms with Crippen LogP contribution in [0.3, 0.4) is 0 Å². The lowest BCUT2D eigenvalue weighted by molar-refractivity contribution is -0.114. The van der Waals surface area contributed by atoms with Gasteiger partial charge in [-0.1, -0.05) is 15.9 Å². The zero-order valence-corrected chi connectivity index (χ0v) is 14.8. The van der Waals surface area contributed by atoms with E-state index in [9.17, 15) is 9.90 Å². The summed E-state index contributed by atoms with van der Waals surface area (Å²) in [6.07, 6.45) is 1.43. The summed E-state index contributed by atoms with van der Waals surface area (Å²) >= 11 is 3.36. The third-order valence-corrected chi connectivity index (χ3v) is 3.78. The average Bonchev–Trinajstić information content (AvgIpc) is 2.95. The molecule has 1 aromatic heterocycles. The number of halogens is 1. The minimum atomic E-state index is -0.295. The van der Waals surface area contributed by atoms with Crippen molar-refractivity contribution in [3.8, 4) is 17.4 Å². The molecule has 0 saturated heterocycles. The first-order chi connectivity index (χ1) is 12.0. The van der Waals surface area contributed by atoms with Crippen LogP contribution in [0.4, 0.5) is 11.4 Å². The van der Waals surface area contributed by atoms with Crippen molar-refractivity contribution < 1.29 is 14.3 Å². The van der Waals surface area contributed by atoms with E-state index in [-0.39, 0.29) is 17.5 Å². The van der Waals surface area contributed by atoms with Gasteiger partial charge in [-0.25, -0.2) is 4.98 Å². The monoisotopic (exact) mass is 399 g/mol. The van der Waals surface area contributed by atoms with Crippen LogP contribution in [0.1, 0.15) is 12.6 Å². The van der Waals surface area contributed by atoms with E-state index in [1.807, 2.05) is 24.3 Å². The Morgan fingerprint density at radius 1 is 1.20 bits per heavy atom. The van der Waals surface area contributed by atoms with E-state index in [0.29, 0.717) is 17.3 Å². The number of aromatic hydroxyl groups is 1. The molecule has 0 fully saturated rings. The number of hydrogen-bond donors (Lipinski definition) is 2. The lowest BCUT2D eigenvalue weighted by Gasteiger charge is -2.01. The normalized spacial score (nSPS) is 11.0. The number of rotatable bonds is 4. The molecule has 126 valence electrons. The number of carbonyl (C=O) groups is 1. The van der Waals surface area contributed by atoms with Gasteiger partial charge < -0.3 is 14.8 Å². The van der Waals surface area contributed by atoms with Crippen molar-refractivity contribution in [3.63, 3.8) is 0 Å². The summed E-state index contributed by atoms with van der Waals surface area (Å²) in [6, 6.07) is 14.4. The van der Waals surface area contributed by atoms with Crippen molar-refractivity contribution in [1.29, 1.82) is 0 Å². The Morgan fingerprint density at radius 2 is 1.88 bits per heavy atom. The summed E-state index contributed by atoms with van der Waals surface area (Å²) in [5.41, 5.74) is 2.33. The topological polar surface area (TPSA) is 87.7 Å². The van der Waals surface area contributed by atoms with Crippen LogP contribution in [-0.2, 0) is 4.79 Å². The molecular weight excluding hydrogens is 386 g/mol. The maximum atomic E-state index is 11.0. The number of anilines is 1. The number of nitrogens with one attached hydrogen (secondary N) is 1. The van der Waals surface area contributed by atoms with Gasteiger partial charge in [0.05, 0.1) is 11.9 Å². The molecule has 0 aliphatic rings. The van der Waals surface area contributed by atoms with Crippen LogP contribution in [0.15, 0.2) is 62.4 Å². The van der Waals surface area contributed by atoms with Gasteiger partial charge >= 0.3 is 5.95 Å². The number of hydrogen-bond acceptors (Lipinski definition) is 5. The Kier molecular flexibility index (Phi) is 4.95. The van der Waals surface area contributed by atoms with Gasteiger partial charge in [-0.05, 0) is 48.5 Å². The van der Waals surface area contributed by atoms with Gasteiger partial charge in [-0.15, -0.1) is 0 Å². The highest BCUT2D eigenvalue weighted by molar-refractivity contribution is 9.10. The SMILES string of the molecule is CC(=O)Nc1ccc(N=Cc2nc(-c3ccc(Br)cc3)oc2O)cc1. The summed E-state index contributed by atoms with van der Waals surface area (Å²) in [6.45, 7) is 1.45. The van der Waals surface area contributed by atoms with Crippen molar-refractivity contribution in [3.05, 3.63) is 58.7 Å². The highest BCUT2D eigenvalue weighted by Gasteiger charge is 2.12. The summed E-state index contributed by atoms with van der Waals surface area (Å²) in [5, 5.41) is 12.6. The molecule has 3 aromatic rings. The van der Waals surface area contributed by atoms with Crippen molar-refractivity contribution in [1.82, 2.24) is 4.98 Å². The Hall–Kier alpha value is -2.93. The van der Waals surface area contributed by atoms with Crippen molar-refractivity contribution in [2.45, 2.75) is 6.92 Å². The summed E-state index contributed by atoms with van der Waals surface area (Å²) < 4.78 is 6.22. The van der Waals surface area contributed by atoms with Crippen LogP contribution < -0.4 is 5.32 Å². The van der Waals surface area contributed by atoms with Crippen molar-refractivity contribution >= 4 is 39.4 Å². The average molecular weight is 400 g/mol. The minimum absolute atomic E-state index is 0.135. The van der Waals surface area contributed by atoms with E-state index >= 15 is 0 Å². The summed E-state index contributed by atoms with van der Waals surface area (Å²) in [7, 11) is 0. The van der Waals surface area contributed by atoms with Gasteiger partial charge in [0.25, 0.3) is 0 Å². The molecule has 7 heteroatoms. The van der Waals surface area contributed by atoms with Crippen molar-refractivity contribution in [2.75, 3.05) is 5.32 Å². The molecule has 25 heavy (non-hydrogen) atoms. The molecule has 0 radical (unpaired) electrons. The molecule has 2 N–H and O–H groups in total. The maximum absolute atomic E-state index is 11.0. The zero-order chi connectivity index (χ0) is 17.8. The Labute approximate surface area is 152 Å². The molecule has 0 saturated carbocycles. The number of oxazole rings is 1. The van der Waals surface area contributed by atoms with Crippen molar-refractivity contribution in [2.24, 2.45) is 4.99 Å². The van der Waals surface area contributed by atoms with E-state index < -0.39 is 0 Å². The van der Waals surface area contributed by atoms with Gasteiger partial charge in [0, 0.05) is 22.6 Å². The van der Waals surface area contributed by atoms with Crippen LogP contribution >= 0.6 is 15.9 Å². The Morgan fingerprint density at radius 3 is 2.52 bits per heavy atom. The van der Waals surface area contributed by atoms with E-state index in [1.54, 1.807) is 24.3 Å². The molecule has 6 nitrogen and oxygen atoms in total. The molecule has 0 spiro atoms. The fourth-order valence-corrected chi connectivity index (χ4v) is 2.36. The largest absolute Gasteiger partial charge is 0.479 e. The van der Waals surface area contributed by atoms with E-state index in [0.717, 1.165) is 10.0 Å². The predicted molar refractivity (Wildman–Crippen MR) is 99.3 cm³/mol. The van der Waals surface area contributed by atoms with Gasteiger partial charge in [0.15, 0.2) is 5.69 Å². The van der Waals surface area contributed by atoms with E-state index in [2.05, 4.69) is 31.2 Å². The first-order valence-corrected chi connectivity index (χ1v) is 8.18. The highest BCUT2D eigenvalue weighted by atomic mass is 79.9. The molecule has 0 atom stereocenters. The second kappa shape index (κ2) is 7.31. The van der Waals surface area contributed by atoms with Crippen LogP contribution in [0.5, 0.6) is 5.95 Å². The van der Waals surface area contributed by atoms with E-state index in [4.69, 9.17) is 4.42 Å². The van der Waals surface area contributed by atoms with Gasteiger partial charge in [0.1, 0.15) is 0 Å². The third kappa shape index (κ3) is 4.33. The standard InChI is InChI=1S/C18H14BrN3O3/c1-11(23)21-15-8-6-14(7-9-15)20-10-16-18(24)25-17(22-16)12-2-4-13(19)5-3-12/h2-10,24H,1H3,(H,21,23). The summed E-state index contributed by atoms with van der Waals surface area (Å²) in [4.78, 5) is 19.5. The van der Waals surface area contributed by atoms with Crippen LogP contribution in [0, 0.1) is 0 Å². The first-order valence-electron chi connectivity index (χ1n) is 7.39. The maximum Gasteiger partial charge on any atom is 0.312 e. The Balaban J connectivity index is 1.77. The molecular formula is C18H14BrN3O3. The fourth-order valence-electron chi connectivity index (χ4n) is 2.09. The molecule has 0 unspecified atom stereocenters. The fraction of sp³-hybridized carbons (Fsp3) is 0.0556. The number of benzene rings is 2. The van der Waals surface area contributed by atoms with Crippen LogP contribution in [-0.4, -0.2) is 22.2 Å². The van der Waals surface area contributed by atoms with Gasteiger partial charge in [-0.2, -0.15) is 0 Å². The van der Waals surface area contributed by atoms with Crippen LogP contribution in [0.2, 0.25) is 0 Å². The molecule has 3 rings (SSSR count). The zero-order valence-electron chi connectivity index (χ0n) is 13.2. The predicted octanol–water partition coefficient (Wildman–Crippen LogP) is 4.52. The number of carbonyl (C=O) groups excluding carboxylic acids is 1. The molecule has 1 heterocycles. The molecule has 0 bridgehead atoms. The highest BCUT2D eigenvalue weighted by Crippen LogP contribution is 2.27. The third-order valence-electron chi connectivity index (χ3n) is 3.25. The quantitative estimate of drug-likeness (QED) is 0.631. The number of aromatic nitrogens is 1. The molecule has 0 aliphatic heterocycles. The second-order valence-electron chi connectivity index (χ2n) is 5.20. The smallest absolute Gasteiger partial charge is 0.312 e. The Bertz CT molecular complexity index is 916. The lowest BCUT2D eigenvalue weighted by atomic mass is 10.2. The number of amides is 1. The number of nitrogens with zero attached hydrogens (tertiary/aromatic N) is 2. The van der Waals surface area contributed by atoms with Gasteiger partial charge in [0.2, 0.25) is 11.8 Å². The molecule has 2 aromatic carbocycles. The summed E-state index contributed by atoms with van der Waals surface area (Å²) in [5.74, 6) is -0.117.